The third-order valence-electron chi connectivity index (χ3n) is 5.83. The van der Waals surface area contributed by atoms with Crippen LogP contribution in [0, 0.1) is 0 Å². The Hall–Kier alpha value is -3.41. The molecule has 33 heavy (non-hydrogen) atoms. The van der Waals surface area contributed by atoms with Crippen LogP contribution in [-0.4, -0.2) is 5.66 Å². The number of hydrogen-bond donors (Lipinski definition) is 0. The van der Waals surface area contributed by atoms with E-state index in [2.05, 4.69) is 48.6 Å². The molecule has 0 saturated carbocycles. The Morgan fingerprint density at radius 2 is 0.848 bits per heavy atom. The molecule has 0 atom stereocenters. The highest BCUT2D eigenvalue weighted by Gasteiger charge is 2.35. The van der Waals surface area contributed by atoms with Gasteiger partial charge in [-0.1, -0.05) is 146 Å². The third kappa shape index (κ3) is 5.89. The van der Waals surface area contributed by atoms with E-state index >= 15 is 0 Å². The van der Waals surface area contributed by atoms with Gasteiger partial charge in [0.1, 0.15) is 7.14 Å². The summed E-state index contributed by atoms with van der Waals surface area (Å²) >= 11 is 0. The van der Waals surface area contributed by atoms with Crippen LogP contribution < -0.4 is 10.6 Å². The van der Waals surface area contributed by atoms with E-state index in [4.69, 9.17) is 0 Å². The van der Waals surface area contributed by atoms with Crippen molar-refractivity contribution in [3.05, 3.63) is 145 Å². The molecule has 0 amide bonds. The Morgan fingerprint density at radius 3 is 1.21 bits per heavy atom. The van der Waals surface area contributed by atoms with Crippen LogP contribution in [0.1, 0.15) is 24.0 Å². The van der Waals surface area contributed by atoms with Crippen molar-refractivity contribution in [2.45, 2.75) is 18.5 Å². The largest absolute Gasteiger partial charge is 0.313 e. The third-order valence-corrected chi connectivity index (χ3v) is 9.41. The van der Waals surface area contributed by atoms with E-state index in [1.54, 1.807) is 0 Å². The van der Waals surface area contributed by atoms with Gasteiger partial charge in [-0.25, -0.2) is 0 Å². The lowest BCUT2D eigenvalue weighted by molar-refractivity contribution is 0.576. The molecule has 0 N–H and O–H groups in total. The molecule has 0 radical (unpaired) electrons. The number of rotatable bonds is 9. The van der Waals surface area contributed by atoms with Crippen LogP contribution in [0.2, 0.25) is 0 Å². The molecule has 0 spiro atoms. The van der Waals surface area contributed by atoms with Crippen LogP contribution >= 0.6 is 7.14 Å². The summed E-state index contributed by atoms with van der Waals surface area (Å²) < 4.78 is 14.9. The van der Waals surface area contributed by atoms with Crippen molar-refractivity contribution in [1.82, 2.24) is 0 Å². The SMILES string of the molecule is O=P(c1ccccc1)(c1ccccc1)C(C/C=C/c1ccccc1)C/C=C/c1ccccc1. The molecule has 0 aliphatic heterocycles. The molecule has 0 aliphatic rings. The number of hydrogen-bond acceptors (Lipinski definition) is 1. The van der Waals surface area contributed by atoms with Crippen molar-refractivity contribution >= 4 is 29.9 Å². The summed E-state index contributed by atoms with van der Waals surface area (Å²) in [6, 6.07) is 40.6. The lowest BCUT2D eigenvalue weighted by Gasteiger charge is -2.27. The minimum atomic E-state index is -2.88. The monoisotopic (exact) mass is 448 g/mol. The first-order chi connectivity index (χ1) is 16.3. The lowest BCUT2D eigenvalue weighted by Crippen LogP contribution is -2.25. The van der Waals surface area contributed by atoms with Crippen molar-refractivity contribution in [3.63, 3.8) is 0 Å². The van der Waals surface area contributed by atoms with Gasteiger partial charge in [0.05, 0.1) is 0 Å². The fourth-order valence-corrected chi connectivity index (χ4v) is 7.32. The first kappa shape index (κ1) is 22.8. The maximum Gasteiger partial charge on any atom is 0.146 e. The van der Waals surface area contributed by atoms with Gasteiger partial charge < -0.3 is 4.57 Å². The summed E-state index contributed by atoms with van der Waals surface area (Å²) in [6.07, 6.45) is 10.1. The maximum atomic E-state index is 14.9. The van der Waals surface area contributed by atoms with Crippen LogP contribution in [0.5, 0.6) is 0 Å². The molecule has 0 heterocycles. The second-order valence-electron chi connectivity index (χ2n) is 8.08. The maximum absolute atomic E-state index is 14.9. The summed E-state index contributed by atoms with van der Waals surface area (Å²) in [4.78, 5) is 0. The second kappa shape index (κ2) is 11.5. The van der Waals surface area contributed by atoms with E-state index < -0.39 is 7.14 Å². The molecule has 4 aromatic rings. The Bertz CT molecular complexity index is 1120. The van der Waals surface area contributed by atoms with Crippen molar-refractivity contribution in [2.75, 3.05) is 0 Å². The van der Waals surface area contributed by atoms with Crippen LogP contribution in [0.25, 0.3) is 12.2 Å². The van der Waals surface area contributed by atoms with E-state index in [0.29, 0.717) is 0 Å². The van der Waals surface area contributed by atoms with E-state index in [1.165, 1.54) is 0 Å². The van der Waals surface area contributed by atoms with Gasteiger partial charge in [-0.2, -0.15) is 0 Å². The molecule has 0 saturated heterocycles. The first-order valence-corrected chi connectivity index (χ1v) is 13.2. The molecule has 164 valence electrons. The summed E-state index contributed by atoms with van der Waals surface area (Å²) in [5.74, 6) is 0. The van der Waals surface area contributed by atoms with E-state index in [-0.39, 0.29) is 5.66 Å². The first-order valence-electron chi connectivity index (χ1n) is 11.4. The highest BCUT2D eigenvalue weighted by molar-refractivity contribution is 7.79. The molecule has 4 aromatic carbocycles. The molecule has 2 heteroatoms. The zero-order valence-electron chi connectivity index (χ0n) is 18.7. The Kier molecular flexibility index (Phi) is 7.90. The average molecular weight is 449 g/mol. The van der Waals surface area contributed by atoms with Crippen LogP contribution in [-0.2, 0) is 4.57 Å². The summed E-state index contributed by atoms with van der Waals surface area (Å²) in [5.41, 5.74) is 2.28. The number of benzene rings is 4. The molecule has 0 aliphatic carbocycles. The van der Waals surface area contributed by atoms with Crippen molar-refractivity contribution in [1.29, 1.82) is 0 Å². The fraction of sp³-hybridized carbons (Fsp3) is 0.0968. The van der Waals surface area contributed by atoms with Crippen molar-refractivity contribution in [2.24, 2.45) is 0 Å². The molecule has 0 bridgehead atoms. The molecular weight excluding hydrogens is 419 g/mol. The highest BCUT2D eigenvalue weighted by atomic mass is 31.2. The Labute approximate surface area is 197 Å². The molecular formula is C31H29OP. The van der Waals surface area contributed by atoms with Gasteiger partial charge in [-0.15, -0.1) is 0 Å². The molecule has 0 aromatic heterocycles. The quantitative estimate of drug-likeness (QED) is 0.241. The standard InChI is InChI=1S/C31H29OP/c32-33(29-21-9-3-10-22-29,30-23-11-4-12-24-30)31(25-13-19-27-15-5-1-6-16-27)26-14-20-28-17-7-2-8-18-28/h1-24,31H,25-26H2/b19-13+,20-14+. The minimum absolute atomic E-state index is 0.0396. The van der Waals surface area contributed by atoms with Gasteiger partial charge in [-0.3, -0.25) is 0 Å². The normalized spacial score (nSPS) is 12.0. The van der Waals surface area contributed by atoms with E-state index in [0.717, 1.165) is 34.6 Å². The summed E-state index contributed by atoms with van der Waals surface area (Å²) in [5, 5.41) is 1.84. The van der Waals surface area contributed by atoms with Gasteiger partial charge in [0.2, 0.25) is 0 Å². The van der Waals surface area contributed by atoms with Gasteiger partial charge in [-0.05, 0) is 24.0 Å². The van der Waals surface area contributed by atoms with Gasteiger partial charge >= 0.3 is 0 Å². The van der Waals surface area contributed by atoms with Crippen LogP contribution in [0.3, 0.4) is 0 Å². The van der Waals surface area contributed by atoms with E-state index in [1.807, 2.05) is 97.1 Å². The van der Waals surface area contributed by atoms with Crippen molar-refractivity contribution < 1.29 is 4.57 Å². The minimum Gasteiger partial charge on any atom is -0.313 e. The van der Waals surface area contributed by atoms with Crippen molar-refractivity contribution in [3.8, 4) is 0 Å². The van der Waals surface area contributed by atoms with Crippen LogP contribution in [0.15, 0.2) is 133 Å². The van der Waals surface area contributed by atoms with E-state index in [9.17, 15) is 4.57 Å². The summed E-state index contributed by atoms with van der Waals surface area (Å²) in [7, 11) is -2.88. The smallest absolute Gasteiger partial charge is 0.146 e. The van der Waals surface area contributed by atoms with Crippen LogP contribution in [0.4, 0.5) is 0 Å². The number of allylic oxidation sites excluding steroid dienone is 2. The Balaban J connectivity index is 1.70. The predicted molar refractivity (Wildman–Crippen MR) is 144 cm³/mol. The zero-order chi connectivity index (χ0) is 22.8. The summed E-state index contributed by atoms with van der Waals surface area (Å²) in [6.45, 7) is 0. The second-order valence-corrected chi connectivity index (χ2v) is 11.2. The fourth-order valence-electron chi connectivity index (χ4n) is 4.11. The topological polar surface area (TPSA) is 17.1 Å². The predicted octanol–water partition coefficient (Wildman–Crippen LogP) is 7.58. The lowest BCUT2D eigenvalue weighted by atomic mass is 10.1. The van der Waals surface area contributed by atoms with Gasteiger partial charge in [0, 0.05) is 16.3 Å². The Morgan fingerprint density at radius 1 is 0.515 bits per heavy atom. The molecule has 4 rings (SSSR count). The highest BCUT2D eigenvalue weighted by Crippen LogP contribution is 2.51. The average Bonchev–Trinajstić information content (AvgIpc) is 2.89. The molecule has 0 unspecified atom stereocenters. The molecule has 1 nitrogen and oxygen atoms in total. The van der Waals surface area contributed by atoms with Gasteiger partial charge in [0.25, 0.3) is 0 Å². The molecule has 0 fully saturated rings. The van der Waals surface area contributed by atoms with Gasteiger partial charge in [0.15, 0.2) is 0 Å². The zero-order valence-corrected chi connectivity index (χ0v) is 19.6.